The van der Waals surface area contributed by atoms with E-state index in [0.29, 0.717) is 17.4 Å². The van der Waals surface area contributed by atoms with Gasteiger partial charge in [0.2, 0.25) is 5.95 Å². The third-order valence-electron chi connectivity index (χ3n) is 3.65. The van der Waals surface area contributed by atoms with E-state index in [1.54, 1.807) is 6.92 Å². The van der Waals surface area contributed by atoms with Crippen LogP contribution in [0.1, 0.15) is 11.6 Å². The Bertz CT molecular complexity index is 1150. The Hall–Kier alpha value is -4.08. The molecule has 1 aromatic carbocycles. The maximum absolute atomic E-state index is 10.6. The van der Waals surface area contributed by atoms with Crippen molar-refractivity contribution in [2.45, 2.75) is 6.92 Å². The van der Waals surface area contributed by atoms with Crippen molar-refractivity contribution in [1.82, 2.24) is 19.6 Å². The van der Waals surface area contributed by atoms with E-state index in [1.165, 1.54) is 22.9 Å². The van der Waals surface area contributed by atoms with Crippen LogP contribution in [0.2, 0.25) is 0 Å². The Morgan fingerprint density at radius 2 is 2.04 bits per heavy atom. The highest BCUT2D eigenvalue weighted by atomic mass is 16.6. The minimum atomic E-state index is -0.614. The molecule has 0 bridgehead atoms. The number of aryl methyl sites for hydroxylation is 1. The molecule has 0 radical (unpaired) electrons. The number of nitrogens with zero attached hydrogens (tertiary/aromatic N) is 6. The molecule has 4 aromatic rings. The summed E-state index contributed by atoms with van der Waals surface area (Å²) in [5.41, 5.74) is 5.10. The molecule has 27 heavy (non-hydrogen) atoms. The number of rotatable bonds is 5. The highest BCUT2D eigenvalue weighted by Gasteiger charge is 2.12. The van der Waals surface area contributed by atoms with Gasteiger partial charge in [0.1, 0.15) is 10.7 Å². The van der Waals surface area contributed by atoms with Crippen LogP contribution in [0, 0.1) is 17.0 Å². The summed E-state index contributed by atoms with van der Waals surface area (Å²) in [6, 6.07) is 14.3. The lowest BCUT2D eigenvalue weighted by Crippen LogP contribution is -2.05. The highest BCUT2D eigenvalue weighted by molar-refractivity contribution is 5.76. The Labute approximate surface area is 152 Å². The fraction of sp³-hybridized carbons (Fsp3) is 0.0588. The second-order valence-electron chi connectivity index (χ2n) is 5.56. The number of hydrogen-bond donors (Lipinski definition) is 1. The zero-order valence-corrected chi connectivity index (χ0v) is 14.1. The van der Waals surface area contributed by atoms with Gasteiger partial charge in [0.25, 0.3) is 0 Å². The predicted octanol–water partition coefficient (Wildman–Crippen LogP) is 3.05. The molecule has 1 N–H and O–H groups in total. The summed E-state index contributed by atoms with van der Waals surface area (Å²) in [6.45, 7) is 1.76. The van der Waals surface area contributed by atoms with Crippen LogP contribution in [0.3, 0.4) is 0 Å². The summed E-state index contributed by atoms with van der Waals surface area (Å²) in [4.78, 5) is 18.7. The highest BCUT2D eigenvalue weighted by Crippen LogP contribution is 2.20. The van der Waals surface area contributed by atoms with E-state index in [2.05, 4.69) is 25.6 Å². The van der Waals surface area contributed by atoms with Crippen LogP contribution in [0.5, 0.6) is 0 Å². The van der Waals surface area contributed by atoms with Crippen LogP contribution in [0.4, 0.5) is 11.8 Å². The van der Waals surface area contributed by atoms with Crippen molar-refractivity contribution in [2.24, 2.45) is 5.10 Å². The first-order valence-corrected chi connectivity index (χ1v) is 7.93. The number of hydrazone groups is 1. The lowest BCUT2D eigenvalue weighted by molar-refractivity contribution is -0.402. The van der Waals surface area contributed by atoms with E-state index < -0.39 is 4.92 Å². The average molecular weight is 363 g/mol. The topological polar surface area (TPSA) is 124 Å². The predicted molar refractivity (Wildman–Crippen MR) is 97.5 cm³/mol. The molecule has 0 unspecified atom stereocenters. The van der Waals surface area contributed by atoms with Crippen molar-refractivity contribution in [3.63, 3.8) is 0 Å². The molecule has 3 aromatic heterocycles. The zero-order valence-electron chi connectivity index (χ0n) is 14.1. The monoisotopic (exact) mass is 363 g/mol. The summed E-state index contributed by atoms with van der Waals surface area (Å²) in [6.07, 6.45) is 1.32. The number of anilines is 1. The zero-order chi connectivity index (χ0) is 18.8. The fourth-order valence-corrected chi connectivity index (χ4v) is 2.48. The maximum atomic E-state index is 10.6. The average Bonchev–Trinajstić information content (AvgIpc) is 3.29. The number of nitrogens with one attached hydrogen (secondary N) is 1. The van der Waals surface area contributed by atoms with E-state index in [0.717, 1.165) is 11.3 Å². The molecule has 0 aliphatic carbocycles. The lowest BCUT2D eigenvalue weighted by Gasteiger charge is -2.03. The van der Waals surface area contributed by atoms with Gasteiger partial charge in [-0.1, -0.05) is 30.3 Å². The number of nitro groups is 1. The summed E-state index contributed by atoms with van der Waals surface area (Å²) in [5.74, 6) is 0.795. The Morgan fingerprint density at radius 3 is 2.78 bits per heavy atom. The SMILES string of the molecule is Cc1nc(N/N=C/c2ccc([N+](=O)[O-])o2)n2nc(-c3ccccc3)cc2n1. The molecule has 0 fully saturated rings. The van der Waals surface area contributed by atoms with Crippen LogP contribution in [0.15, 0.2) is 58.0 Å². The molecule has 4 rings (SSSR count). The normalized spacial score (nSPS) is 11.3. The van der Waals surface area contributed by atoms with Gasteiger partial charge < -0.3 is 4.42 Å². The first kappa shape index (κ1) is 16.4. The minimum absolute atomic E-state index is 0.238. The maximum Gasteiger partial charge on any atom is 0.433 e. The van der Waals surface area contributed by atoms with Gasteiger partial charge >= 0.3 is 5.88 Å². The Balaban J connectivity index is 1.63. The smallest absolute Gasteiger partial charge is 0.400 e. The van der Waals surface area contributed by atoms with Crippen molar-refractivity contribution >= 4 is 23.7 Å². The summed E-state index contributed by atoms with van der Waals surface area (Å²) < 4.78 is 6.55. The molecule has 10 nitrogen and oxygen atoms in total. The van der Waals surface area contributed by atoms with Crippen molar-refractivity contribution in [2.75, 3.05) is 5.43 Å². The third-order valence-corrected chi connectivity index (χ3v) is 3.65. The van der Waals surface area contributed by atoms with Gasteiger partial charge in [0.15, 0.2) is 11.4 Å². The number of furan rings is 1. The standard InChI is InChI=1S/C17H13N7O3/c1-11-19-15-9-14(12-5-3-2-4-6-12)22-23(15)17(20-11)21-18-10-13-7-8-16(27-13)24(25)26/h2-10H,1H3,(H,19,20,21)/b18-10+. The first-order chi connectivity index (χ1) is 13.1. The second-order valence-corrected chi connectivity index (χ2v) is 5.56. The molecule has 10 heteroatoms. The van der Waals surface area contributed by atoms with E-state index in [1.807, 2.05) is 36.4 Å². The Morgan fingerprint density at radius 1 is 1.22 bits per heavy atom. The molecule has 0 saturated heterocycles. The summed E-state index contributed by atoms with van der Waals surface area (Å²) in [7, 11) is 0. The van der Waals surface area contributed by atoms with E-state index in [-0.39, 0.29) is 11.6 Å². The molecule has 0 saturated carbocycles. The lowest BCUT2D eigenvalue weighted by atomic mass is 10.2. The van der Waals surface area contributed by atoms with Crippen molar-refractivity contribution in [1.29, 1.82) is 0 Å². The summed E-state index contributed by atoms with van der Waals surface area (Å²) in [5, 5.41) is 19.2. The molecule has 0 amide bonds. The van der Waals surface area contributed by atoms with Crippen molar-refractivity contribution in [3.8, 4) is 11.3 Å². The molecule has 0 spiro atoms. The van der Waals surface area contributed by atoms with E-state index >= 15 is 0 Å². The van der Waals surface area contributed by atoms with Crippen LogP contribution in [0.25, 0.3) is 16.9 Å². The van der Waals surface area contributed by atoms with Crippen molar-refractivity contribution < 1.29 is 9.34 Å². The quantitative estimate of drug-likeness (QED) is 0.328. The van der Waals surface area contributed by atoms with Gasteiger partial charge in [-0.2, -0.15) is 19.7 Å². The number of fused-ring (bicyclic) bond motifs is 1. The van der Waals surface area contributed by atoms with Gasteiger partial charge in [-0.25, -0.2) is 10.4 Å². The number of benzene rings is 1. The van der Waals surface area contributed by atoms with Gasteiger partial charge in [-0.3, -0.25) is 10.1 Å². The van der Waals surface area contributed by atoms with Crippen LogP contribution < -0.4 is 5.43 Å². The molecule has 3 heterocycles. The number of aromatic nitrogens is 4. The second kappa shape index (κ2) is 6.67. The van der Waals surface area contributed by atoms with Gasteiger partial charge in [0.05, 0.1) is 18.0 Å². The fourth-order valence-electron chi connectivity index (χ4n) is 2.48. The summed E-state index contributed by atoms with van der Waals surface area (Å²) >= 11 is 0. The molecule has 0 aliphatic rings. The molecule has 0 aliphatic heterocycles. The van der Waals surface area contributed by atoms with Gasteiger partial charge in [0, 0.05) is 11.6 Å². The first-order valence-electron chi connectivity index (χ1n) is 7.93. The molecular formula is C17H13N7O3. The largest absolute Gasteiger partial charge is 0.433 e. The van der Waals surface area contributed by atoms with E-state index in [9.17, 15) is 10.1 Å². The Kier molecular flexibility index (Phi) is 4.05. The van der Waals surface area contributed by atoms with E-state index in [4.69, 9.17) is 4.42 Å². The van der Waals surface area contributed by atoms with Crippen LogP contribution in [-0.4, -0.2) is 30.7 Å². The molecule has 134 valence electrons. The number of hydrogen-bond acceptors (Lipinski definition) is 8. The molecule has 0 atom stereocenters. The van der Waals surface area contributed by atoms with Crippen LogP contribution >= 0.6 is 0 Å². The minimum Gasteiger partial charge on any atom is -0.400 e. The molecular weight excluding hydrogens is 350 g/mol. The third kappa shape index (κ3) is 3.35. The van der Waals surface area contributed by atoms with Gasteiger partial charge in [-0.05, 0) is 13.0 Å². The van der Waals surface area contributed by atoms with Gasteiger partial charge in [-0.15, -0.1) is 0 Å². The van der Waals surface area contributed by atoms with Crippen molar-refractivity contribution in [3.05, 3.63) is 70.2 Å². The van der Waals surface area contributed by atoms with Crippen LogP contribution in [-0.2, 0) is 0 Å².